The molecule has 0 fully saturated rings. The van der Waals surface area contributed by atoms with Crippen LogP contribution < -0.4 is 0 Å². The number of halogens is 2. The molecule has 2 atom stereocenters. The fourth-order valence-corrected chi connectivity index (χ4v) is 3.70. The van der Waals surface area contributed by atoms with E-state index in [1.165, 1.54) is 18.3 Å². The molecule has 0 aliphatic carbocycles. The lowest BCUT2D eigenvalue weighted by molar-refractivity contribution is 0.0510. The van der Waals surface area contributed by atoms with Crippen LogP contribution in [-0.2, 0) is 15.6 Å². The number of hydrogen-bond acceptors (Lipinski definition) is 1. The molecule has 0 amide bonds. The van der Waals surface area contributed by atoms with Gasteiger partial charge < -0.3 is 4.74 Å². The Morgan fingerprint density at radius 3 is 1.28 bits per heavy atom. The van der Waals surface area contributed by atoms with Crippen molar-refractivity contribution in [1.82, 2.24) is 0 Å². The molecule has 0 saturated carbocycles. The molecular weight excluding hydrogens is 534 g/mol. The summed E-state index contributed by atoms with van der Waals surface area (Å²) in [5, 5.41) is 0. The van der Waals surface area contributed by atoms with E-state index in [2.05, 4.69) is 121 Å². The van der Waals surface area contributed by atoms with Gasteiger partial charge in [-0.2, -0.15) is 0 Å². The van der Waals surface area contributed by atoms with E-state index >= 15 is 0 Å². The smallest absolute Gasteiger partial charge is 0.0560 e. The second kappa shape index (κ2) is 9.18. The Bertz CT molecular complexity index is 606. The largest absolute Gasteiger partial charge is 0.380 e. The Labute approximate surface area is 180 Å². The SMILES string of the molecule is CCC(C)(COCC(C)(CC)c1ccc(I)cc1)c1ccc(I)cc1. The van der Waals surface area contributed by atoms with Gasteiger partial charge in [0.25, 0.3) is 0 Å². The first-order valence-electron chi connectivity index (χ1n) is 8.93. The highest BCUT2D eigenvalue weighted by Crippen LogP contribution is 2.32. The molecule has 0 heterocycles. The van der Waals surface area contributed by atoms with Crippen LogP contribution in [0, 0.1) is 7.14 Å². The molecular formula is C22H28I2O. The predicted molar refractivity (Wildman–Crippen MR) is 124 cm³/mol. The van der Waals surface area contributed by atoms with Gasteiger partial charge in [-0.25, -0.2) is 0 Å². The first-order chi connectivity index (χ1) is 11.8. The Morgan fingerprint density at radius 2 is 1.00 bits per heavy atom. The quantitative estimate of drug-likeness (QED) is 0.317. The molecule has 0 radical (unpaired) electrons. The second-order valence-corrected chi connectivity index (χ2v) is 9.83. The van der Waals surface area contributed by atoms with E-state index in [-0.39, 0.29) is 10.8 Å². The van der Waals surface area contributed by atoms with E-state index in [9.17, 15) is 0 Å². The van der Waals surface area contributed by atoms with Crippen LogP contribution in [0.4, 0.5) is 0 Å². The van der Waals surface area contributed by atoms with Crippen LogP contribution in [0.2, 0.25) is 0 Å². The lowest BCUT2D eigenvalue weighted by Gasteiger charge is -2.33. The minimum atomic E-state index is 0.0606. The van der Waals surface area contributed by atoms with Crippen molar-refractivity contribution in [1.29, 1.82) is 0 Å². The van der Waals surface area contributed by atoms with Crippen LogP contribution in [0.3, 0.4) is 0 Å². The van der Waals surface area contributed by atoms with Gasteiger partial charge in [0, 0.05) is 18.0 Å². The van der Waals surface area contributed by atoms with Crippen molar-refractivity contribution in [3.8, 4) is 0 Å². The summed E-state index contributed by atoms with van der Waals surface area (Å²) < 4.78 is 8.86. The average molecular weight is 562 g/mol. The third-order valence-corrected chi connectivity index (χ3v) is 6.92. The highest BCUT2D eigenvalue weighted by atomic mass is 127. The molecule has 2 rings (SSSR count). The summed E-state index contributed by atoms with van der Waals surface area (Å²) in [7, 11) is 0. The summed E-state index contributed by atoms with van der Waals surface area (Å²) in [6.07, 6.45) is 2.14. The van der Waals surface area contributed by atoms with Crippen molar-refractivity contribution in [2.24, 2.45) is 0 Å². The molecule has 2 aromatic rings. The Balaban J connectivity index is 2.07. The van der Waals surface area contributed by atoms with E-state index in [1.54, 1.807) is 0 Å². The molecule has 0 saturated heterocycles. The summed E-state index contributed by atoms with van der Waals surface area (Å²) in [6.45, 7) is 10.6. The average Bonchev–Trinajstić information content (AvgIpc) is 2.62. The molecule has 0 N–H and O–H groups in total. The highest BCUT2D eigenvalue weighted by Gasteiger charge is 2.29. The zero-order chi connectivity index (χ0) is 18.5. The van der Waals surface area contributed by atoms with Gasteiger partial charge in [0.2, 0.25) is 0 Å². The van der Waals surface area contributed by atoms with Crippen LogP contribution >= 0.6 is 45.2 Å². The van der Waals surface area contributed by atoms with Gasteiger partial charge in [-0.15, -0.1) is 0 Å². The third-order valence-electron chi connectivity index (χ3n) is 5.48. The Hall–Kier alpha value is -0.140. The van der Waals surface area contributed by atoms with Gasteiger partial charge in [0.15, 0.2) is 0 Å². The molecule has 25 heavy (non-hydrogen) atoms. The zero-order valence-corrected chi connectivity index (χ0v) is 19.9. The van der Waals surface area contributed by atoms with Gasteiger partial charge >= 0.3 is 0 Å². The van der Waals surface area contributed by atoms with E-state index < -0.39 is 0 Å². The maximum Gasteiger partial charge on any atom is 0.0560 e. The van der Waals surface area contributed by atoms with Crippen LogP contribution in [0.25, 0.3) is 0 Å². The van der Waals surface area contributed by atoms with E-state index in [0.717, 1.165) is 26.1 Å². The molecule has 0 aliphatic rings. The first kappa shape index (κ1) is 21.2. The van der Waals surface area contributed by atoms with Crippen LogP contribution in [0.5, 0.6) is 0 Å². The summed E-state index contributed by atoms with van der Waals surface area (Å²) >= 11 is 4.72. The maximum absolute atomic E-state index is 6.31. The van der Waals surface area contributed by atoms with Crippen molar-refractivity contribution in [3.05, 3.63) is 66.8 Å². The third kappa shape index (κ3) is 5.42. The van der Waals surface area contributed by atoms with Crippen LogP contribution in [0.15, 0.2) is 48.5 Å². The first-order valence-corrected chi connectivity index (χ1v) is 11.1. The molecule has 2 unspecified atom stereocenters. The van der Waals surface area contributed by atoms with Gasteiger partial charge in [-0.3, -0.25) is 0 Å². The fourth-order valence-electron chi connectivity index (χ4n) is 2.99. The molecule has 0 spiro atoms. The van der Waals surface area contributed by atoms with Crippen molar-refractivity contribution in [3.63, 3.8) is 0 Å². The van der Waals surface area contributed by atoms with Crippen molar-refractivity contribution in [2.75, 3.05) is 13.2 Å². The Morgan fingerprint density at radius 1 is 0.680 bits per heavy atom. The van der Waals surface area contributed by atoms with Crippen LogP contribution in [0.1, 0.15) is 51.7 Å². The molecule has 1 nitrogen and oxygen atoms in total. The standard InChI is InChI=1S/C22H28I2O/c1-5-21(3,17-7-11-19(23)12-8-17)15-25-16-22(4,6-2)18-9-13-20(24)14-10-18/h7-14H,5-6,15-16H2,1-4H3. The number of ether oxygens (including phenoxy) is 1. The normalized spacial score (nSPS) is 16.2. The number of hydrogen-bond donors (Lipinski definition) is 0. The highest BCUT2D eigenvalue weighted by molar-refractivity contribution is 14.1. The monoisotopic (exact) mass is 562 g/mol. The summed E-state index contributed by atoms with van der Waals surface area (Å²) in [5.74, 6) is 0. The van der Waals surface area contributed by atoms with Crippen molar-refractivity contribution >= 4 is 45.2 Å². The predicted octanol–water partition coefficient (Wildman–Crippen LogP) is 6.95. The molecule has 3 heteroatoms. The van der Waals surface area contributed by atoms with Crippen molar-refractivity contribution < 1.29 is 4.74 Å². The lowest BCUT2D eigenvalue weighted by Crippen LogP contribution is -2.33. The van der Waals surface area contributed by atoms with Crippen LogP contribution in [-0.4, -0.2) is 13.2 Å². The van der Waals surface area contributed by atoms with Crippen molar-refractivity contribution in [2.45, 2.75) is 51.4 Å². The van der Waals surface area contributed by atoms with E-state index in [0.29, 0.717) is 0 Å². The summed E-state index contributed by atoms with van der Waals surface area (Å²) in [5.41, 5.74) is 2.85. The molecule has 0 aromatic heterocycles. The fraction of sp³-hybridized carbons (Fsp3) is 0.455. The lowest BCUT2D eigenvalue weighted by atomic mass is 9.79. The molecule has 0 aliphatic heterocycles. The van der Waals surface area contributed by atoms with E-state index in [1.807, 2.05) is 0 Å². The second-order valence-electron chi connectivity index (χ2n) is 7.34. The van der Waals surface area contributed by atoms with Gasteiger partial charge in [-0.1, -0.05) is 52.0 Å². The summed E-state index contributed by atoms with van der Waals surface area (Å²) in [4.78, 5) is 0. The van der Waals surface area contributed by atoms with E-state index in [4.69, 9.17) is 4.74 Å². The van der Waals surface area contributed by atoms with Gasteiger partial charge in [0.1, 0.15) is 0 Å². The maximum atomic E-state index is 6.31. The van der Waals surface area contributed by atoms with Gasteiger partial charge in [-0.05, 0) is 93.4 Å². The minimum absolute atomic E-state index is 0.0606. The molecule has 0 bridgehead atoms. The number of benzene rings is 2. The zero-order valence-electron chi connectivity index (χ0n) is 15.6. The van der Waals surface area contributed by atoms with Gasteiger partial charge in [0.05, 0.1) is 13.2 Å². The Kier molecular flexibility index (Phi) is 7.77. The minimum Gasteiger partial charge on any atom is -0.380 e. The molecule has 136 valence electrons. The number of rotatable bonds is 8. The summed E-state index contributed by atoms with van der Waals surface area (Å²) in [6, 6.07) is 17.7. The topological polar surface area (TPSA) is 9.23 Å². The molecule has 2 aromatic carbocycles.